The Morgan fingerprint density at radius 3 is 2.32 bits per heavy atom. The number of nitrogens with zero attached hydrogens (tertiary/aromatic N) is 1. The Bertz CT molecular complexity index is 517. The second kappa shape index (κ2) is 11.7. The van der Waals surface area contributed by atoms with Gasteiger partial charge in [0.25, 0.3) is 0 Å². The van der Waals surface area contributed by atoms with Gasteiger partial charge < -0.3 is 11.1 Å². The molecule has 25 heavy (non-hydrogen) atoms. The van der Waals surface area contributed by atoms with Gasteiger partial charge >= 0.3 is 0 Å². The van der Waals surface area contributed by atoms with Crippen molar-refractivity contribution in [1.82, 2.24) is 10.2 Å². The highest BCUT2D eigenvalue weighted by molar-refractivity contribution is 5.85. The normalized spacial score (nSPS) is 17.8. The number of rotatable bonds is 6. The van der Waals surface area contributed by atoms with Gasteiger partial charge in [-0.05, 0) is 49.9 Å². The Kier molecular flexibility index (Phi) is 11.4. The molecule has 144 valence electrons. The Labute approximate surface area is 164 Å². The zero-order valence-corrected chi connectivity index (χ0v) is 17.2. The Hall–Kier alpha value is -0.810. The number of likely N-dealkylation sites (tertiary alicyclic amines) is 1. The summed E-state index contributed by atoms with van der Waals surface area (Å²) in [5.41, 5.74) is 8.32. The molecule has 1 aromatic rings. The largest absolute Gasteiger partial charge is 0.352 e. The lowest BCUT2D eigenvalue weighted by Crippen LogP contribution is -2.38. The van der Waals surface area contributed by atoms with Crippen molar-refractivity contribution < 1.29 is 4.79 Å². The van der Waals surface area contributed by atoms with E-state index in [1.54, 1.807) is 0 Å². The van der Waals surface area contributed by atoms with Gasteiger partial charge in [0, 0.05) is 25.0 Å². The maximum absolute atomic E-state index is 12.1. The van der Waals surface area contributed by atoms with Crippen LogP contribution in [0.25, 0.3) is 0 Å². The number of benzene rings is 1. The first-order valence-electron chi connectivity index (χ1n) is 8.79. The van der Waals surface area contributed by atoms with Crippen molar-refractivity contribution in [2.24, 2.45) is 17.6 Å². The molecule has 0 aromatic heterocycles. The number of hydrogen-bond donors (Lipinski definition) is 2. The fourth-order valence-corrected chi connectivity index (χ4v) is 2.93. The molecule has 0 spiro atoms. The van der Waals surface area contributed by atoms with Crippen LogP contribution in [0, 0.1) is 11.8 Å². The molecule has 0 radical (unpaired) electrons. The van der Waals surface area contributed by atoms with E-state index < -0.39 is 0 Å². The van der Waals surface area contributed by atoms with E-state index in [1.807, 2.05) is 19.9 Å². The molecule has 1 amide bonds. The monoisotopic (exact) mass is 389 g/mol. The molecule has 4 nitrogen and oxygen atoms in total. The molecule has 1 aromatic carbocycles. The van der Waals surface area contributed by atoms with Crippen LogP contribution in [-0.4, -0.2) is 29.9 Å². The first-order chi connectivity index (χ1) is 11.0. The van der Waals surface area contributed by atoms with Crippen LogP contribution in [-0.2, 0) is 17.9 Å². The summed E-state index contributed by atoms with van der Waals surface area (Å²) in [5.74, 6) is 0.716. The van der Waals surface area contributed by atoms with Gasteiger partial charge in [0.15, 0.2) is 0 Å². The Morgan fingerprint density at radius 2 is 1.76 bits per heavy atom. The molecule has 2 unspecified atom stereocenters. The Balaban J connectivity index is 0.00000288. The van der Waals surface area contributed by atoms with Crippen LogP contribution in [0.3, 0.4) is 0 Å². The molecule has 1 aliphatic rings. The molecule has 6 heteroatoms. The number of nitrogens with two attached hydrogens (primary N) is 1. The van der Waals surface area contributed by atoms with Gasteiger partial charge in [-0.25, -0.2) is 0 Å². The average molecular weight is 390 g/mol. The summed E-state index contributed by atoms with van der Waals surface area (Å²) in [7, 11) is 0. The fourth-order valence-electron chi connectivity index (χ4n) is 2.93. The van der Waals surface area contributed by atoms with Crippen molar-refractivity contribution in [2.75, 3.05) is 13.1 Å². The number of nitrogens with one attached hydrogen (secondary N) is 1. The van der Waals surface area contributed by atoms with Crippen molar-refractivity contribution >= 4 is 30.7 Å². The average Bonchev–Trinajstić information content (AvgIpc) is 2.55. The number of amides is 1. The molecular weight excluding hydrogens is 357 g/mol. The topological polar surface area (TPSA) is 58.4 Å². The minimum absolute atomic E-state index is 0. The number of carbonyl (C=O) groups is 1. The summed E-state index contributed by atoms with van der Waals surface area (Å²) in [6.45, 7) is 9.97. The van der Waals surface area contributed by atoms with Crippen LogP contribution in [0.2, 0.25) is 0 Å². The second-order valence-corrected chi connectivity index (χ2v) is 7.09. The van der Waals surface area contributed by atoms with Gasteiger partial charge in [-0.3, -0.25) is 9.69 Å². The molecule has 1 heterocycles. The van der Waals surface area contributed by atoms with E-state index in [2.05, 4.69) is 35.3 Å². The van der Waals surface area contributed by atoms with Crippen molar-refractivity contribution in [2.45, 2.75) is 52.7 Å². The smallest absolute Gasteiger partial charge is 0.224 e. The van der Waals surface area contributed by atoms with Crippen molar-refractivity contribution in [3.63, 3.8) is 0 Å². The molecule has 1 saturated heterocycles. The van der Waals surface area contributed by atoms with Crippen molar-refractivity contribution in [3.05, 3.63) is 35.4 Å². The van der Waals surface area contributed by atoms with E-state index in [-0.39, 0.29) is 42.7 Å². The van der Waals surface area contributed by atoms with E-state index >= 15 is 0 Å². The van der Waals surface area contributed by atoms with Crippen LogP contribution in [0.15, 0.2) is 24.3 Å². The fraction of sp³-hybridized carbons (Fsp3) is 0.632. The maximum Gasteiger partial charge on any atom is 0.224 e. The zero-order chi connectivity index (χ0) is 16.8. The van der Waals surface area contributed by atoms with Crippen molar-refractivity contribution in [3.8, 4) is 0 Å². The highest BCUT2D eigenvalue weighted by atomic mass is 35.5. The molecular formula is C19H33Cl2N3O. The first-order valence-corrected chi connectivity index (χ1v) is 8.79. The first kappa shape index (κ1) is 24.2. The molecule has 3 N–H and O–H groups in total. The third-order valence-electron chi connectivity index (χ3n) is 5.04. The van der Waals surface area contributed by atoms with E-state index in [0.29, 0.717) is 6.54 Å². The van der Waals surface area contributed by atoms with Gasteiger partial charge in [0.1, 0.15) is 0 Å². The molecule has 1 aliphatic heterocycles. The predicted molar refractivity (Wildman–Crippen MR) is 109 cm³/mol. The molecule has 2 rings (SSSR count). The van der Waals surface area contributed by atoms with Gasteiger partial charge in [0.05, 0.1) is 0 Å². The number of piperidine rings is 1. The van der Waals surface area contributed by atoms with Crippen LogP contribution < -0.4 is 11.1 Å². The standard InChI is InChI=1S/C19H31N3O.2ClH/c1-14-8-10-22(11-9-14)13-18-7-5-4-6-17(18)12-21-19(23)15(2)16(3)20;;/h4-7,14-16H,8-13,20H2,1-3H3,(H,21,23);2*1H. The summed E-state index contributed by atoms with van der Waals surface area (Å²) in [6.07, 6.45) is 2.57. The van der Waals surface area contributed by atoms with Gasteiger partial charge in [0.2, 0.25) is 5.91 Å². The predicted octanol–water partition coefficient (Wildman–Crippen LogP) is 3.36. The van der Waals surface area contributed by atoms with E-state index in [9.17, 15) is 4.79 Å². The van der Waals surface area contributed by atoms with Crippen molar-refractivity contribution in [1.29, 1.82) is 0 Å². The maximum atomic E-state index is 12.1. The Morgan fingerprint density at radius 1 is 1.20 bits per heavy atom. The zero-order valence-electron chi connectivity index (χ0n) is 15.5. The van der Waals surface area contributed by atoms with E-state index in [4.69, 9.17) is 5.73 Å². The highest BCUT2D eigenvalue weighted by Crippen LogP contribution is 2.19. The summed E-state index contributed by atoms with van der Waals surface area (Å²) in [4.78, 5) is 14.6. The lowest BCUT2D eigenvalue weighted by Gasteiger charge is -2.30. The van der Waals surface area contributed by atoms with Crippen LogP contribution in [0.1, 0.15) is 44.7 Å². The third-order valence-corrected chi connectivity index (χ3v) is 5.04. The highest BCUT2D eigenvalue weighted by Gasteiger charge is 2.18. The minimum atomic E-state index is -0.161. The van der Waals surface area contributed by atoms with Gasteiger partial charge in [-0.2, -0.15) is 0 Å². The third kappa shape index (κ3) is 7.53. The molecule has 1 fully saturated rings. The summed E-state index contributed by atoms with van der Waals surface area (Å²) in [6, 6.07) is 8.28. The quantitative estimate of drug-likeness (QED) is 0.783. The summed E-state index contributed by atoms with van der Waals surface area (Å²) >= 11 is 0. The van der Waals surface area contributed by atoms with Crippen LogP contribution >= 0.6 is 24.8 Å². The summed E-state index contributed by atoms with van der Waals surface area (Å²) in [5, 5.41) is 3.03. The second-order valence-electron chi connectivity index (χ2n) is 7.09. The summed E-state index contributed by atoms with van der Waals surface area (Å²) < 4.78 is 0. The van der Waals surface area contributed by atoms with Crippen LogP contribution in [0.4, 0.5) is 0 Å². The minimum Gasteiger partial charge on any atom is -0.352 e. The SMILES string of the molecule is CC1CCN(Cc2ccccc2CNC(=O)C(C)C(C)N)CC1.Cl.Cl. The van der Waals surface area contributed by atoms with Gasteiger partial charge in [-0.1, -0.05) is 38.1 Å². The van der Waals surface area contributed by atoms with Crippen LogP contribution in [0.5, 0.6) is 0 Å². The van der Waals surface area contributed by atoms with E-state index in [1.165, 1.54) is 37.1 Å². The molecule has 2 atom stereocenters. The van der Waals surface area contributed by atoms with Gasteiger partial charge in [-0.15, -0.1) is 24.8 Å². The lowest BCUT2D eigenvalue weighted by atomic mass is 9.98. The van der Waals surface area contributed by atoms with E-state index in [0.717, 1.165) is 12.5 Å². The number of hydrogen-bond acceptors (Lipinski definition) is 3. The molecule has 0 aliphatic carbocycles. The lowest BCUT2D eigenvalue weighted by molar-refractivity contribution is -0.125. The molecule has 0 bridgehead atoms. The molecule has 0 saturated carbocycles. The number of carbonyl (C=O) groups excluding carboxylic acids is 1. The number of halogens is 2.